The molecule has 17 heavy (non-hydrogen) atoms. The van der Waals surface area contributed by atoms with E-state index in [2.05, 4.69) is 37.1 Å². The van der Waals surface area contributed by atoms with E-state index in [4.69, 9.17) is 5.73 Å². The van der Waals surface area contributed by atoms with Crippen molar-refractivity contribution in [3.05, 3.63) is 21.9 Å². The third-order valence-corrected chi connectivity index (χ3v) is 4.75. The van der Waals surface area contributed by atoms with Gasteiger partial charge in [-0.1, -0.05) is 6.92 Å². The van der Waals surface area contributed by atoms with E-state index in [-0.39, 0.29) is 6.04 Å². The van der Waals surface area contributed by atoms with Gasteiger partial charge in [0, 0.05) is 17.5 Å². The molecule has 2 atom stereocenters. The number of thiophene rings is 1. The second kappa shape index (κ2) is 5.51. The predicted octanol–water partition coefficient (Wildman–Crippen LogP) is 3.18. The zero-order valence-electron chi connectivity index (χ0n) is 11.1. The molecule has 0 aliphatic heterocycles. The van der Waals surface area contributed by atoms with Gasteiger partial charge in [0.05, 0.1) is 6.04 Å². The molecule has 0 bridgehead atoms. The average molecular weight is 252 g/mol. The summed E-state index contributed by atoms with van der Waals surface area (Å²) < 4.78 is 0. The van der Waals surface area contributed by atoms with Gasteiger partial charge in [0.15, 0.2) is 0 Å². The summed E-state index contributed by atoms with van der Waals surface area (Å²) in [7, 11) is 0. The molecule has 1 aromatic heterocycles. The lowest BCUT2D eigenvalue weighted by Gasteiger charge is -2.33. The lowest BCUT2D eigenvalue weighted by Crippen LogP contribution is -2.40. The minimum atomic E-state index is 0.200. The molecule has 1 aromatic rings. The van der Waals surface area contributed by atoms with Gasteiger partial charge < -0.3 is 5.73 Å². The molecule has 0 radical (unpaired) electrons. The summed E-state index contributed by atoms with van der Waals surface area (Å²) in [6, 6.07) is 2.81. The Bertz CT molecular complexity index is 355. The van der Waals surface area contributed by atoms with Crippen LogP contribution in [0.15, 0.2) is 11.4 Å². The van der Waals surface area contributed by atoms with Gasteiger partial charge in [-0.25, -0.2) is 0 Å². The Kier molecular flexibility index (Phi) is 4.23. The van der Waals surface area contributed by atoms with Crippen LogP contribution in [-0.4, -0.2) is 24.0 Å². The van der Waals surface area contributed by atoms with Gasteiger partial charge in [-0.15, -0.1) is 11.3 Å². The van der Waals surface area contributed by atoms with E-state index < -0.39 is 0 Å². The van der Waals surface area contributed by atoms with Crippen molar-refractivity contribution >= 4 is 11.3 Å². The van der Waals surface area contributed by atoms with Crippen LogP contribution in [0.25, 0.3) is 0 Å². The number of hydrogen-bond acceptors (Lipinski definition) is 3. The molecule has 0 aromatic carbocycles. The fraction of sp³-hybridized carbons (Fsp3) is 0.714. The first-order valence-electron chi connectivity index (χ1n) is 6.67. The molecule has 96 valence electrons. The van der Waals surface area contributed by atoms with Gasteiger partial charge in [0.2, 0.25) is 0 Å². The largest absolute Gasteiger partial charge is 0.326 e. The van der Waals surface area contributed by atoms with Crippen LogP contribution in [0.1, 0.15) is 43.2 Å². The Hall–Kier alpha value is -0.380. The van der Waals surface area contributed by atoms with Crippen LogP contribution >= 0.6 is 11.3 Å². The summed E-state index contributed by atoms with van der Waals surface area (Å²) in [4.78, 5) is 4.03. The number of rotatable bonds is 6. The van der Waals surface area contributed by atoms with E-state index >= 15 is 0 Å². The maximum absolute atomic E-state index is 6.23. The van der Waals surface area contributed by atoms with Crippen molar-refractivity contribution in [2.24, 2.45) is 11.7 Å². The van der Waals surface area contributed by atoms with E-state index in [1.54, 1.807) is 0 Å². The minimum absolute atomic E-state index is 0.200. The average Bonchev–Trinajstić information content (AvgIpc) is 3.01. The highest BCUT2D eigenvalue weighted by Crippen LogP contribution is 2.35. The lowest BCUT2D eigenvalue weighted by molar-refractivity contribution is 0.180. The molecule has 0 spiro atoms. The molecule has 1 aliphatic carbocycles. The zero-order valence-corrected chi connectivity index (χ0v) is 12.0. The quantitative estimate of drug-likeness (QED) is 0.842. The van der Waals surface area contributed by atoms with Crippen LogP contribution in [0.2, 0.25) is 0 Å². The highest BCUT2D eigenvalue weighted by Gasteiger charge is 2.30. The van der Waals surface area contributed by atoms with E-state index in [9.17, 15) is 0 Å². The monoisotopic (exact) mass is 252 g/mol. The first kappa shape index (κ1) is 13.1. The molecule has 1 saturated carbocycles. The van der Waals surface area contributed by atoms with Crippen molar-refractivity contribution in [1.29, 1.82) is 0 Å². The number of aryl methyl sites for hydroxylation is 1. The normalized spacial score (nSPS) is 19.6. The van der Waals surface area contributed by atoms with Gasteiger partial charge in [-0.3, -0.25) is 4.90 Å². The van der Waals surface area contributed by atoms with Gasteiger partial charge in [0.25, 0.3) is 0 Å². The van der Waals surface area contributed by atoms with Crippen LogP contribution < -0.4 is 5.73 Å². The number of hydrogen-bond donors (Lipinski definition) is 1. The van der Waals surface area contributed by atoms with Crippen molar-refractivity contribution in [3.63, 3.8) is 0 Å². The van der Waals surface area contributed by atoms with Crippen molar-refractivity contribution in [1.82, 2.24) is 4.90 Å². The van der Waals surface area contributed by atoms with Crippen molar-refractivity contribution in [2.75, 3.05) is 13.1 Å². The van der Waals surface area contributed by atoms with Gasteiger partial charge in [-0.2, -0.15) is 0 Å². The molecule has 2 unspecified atom stereocenters. The van der Waals surface area contributed by atoms with Crippen molar-refractivity contribution in [3.8, 4) is 0 Å². The highest BCUT2D eigenvalue weighted by atomic mass is 32.1. The molecule has 1 aliphatic rings. The number of likely N-dealkylation sites (N-methyl/N-ethyl adjacent to an activating group) is 1. The van der Waals surface area contributed by atoms with Crippen LogP contribution in [0.4, 0.5) is 0 Å². The van der Waals surface area contributed by atoms with Gasteiger partial charge in [0.1, 0.15) is 0 Å². The summed E-state index contributed by atoms with van der Waals surface area (Å²) in [6.07, 6.45) is 2.82. The Morgan fingerprint density at radius 2 is 2.24 bits per heavy atom. The lowest BCUT2D eigenvalue weighted by atomic mass is 10.0. The molecule has 2 N–H and O–H groups in total. The summed E-state index contributed by atoms with van der Waals surface area (Å²) in [5.41, 5.74) is 7.63. The Morgan fingerprint density at radius 3 is 2.65 bits per heavy atom. The highest BCUT2D eigenvalue weighted by molar-refractivity contribution is 7.10. The third kappa shape index (κ3) is 3.09. The molecule has 3 heteroatoms. The molecular weight excluding hydrogens is 228 g/mol. The SMILES string of the molecule is CCN(CC1CC1)C(c1sccc1C)C(C)N. The topological polar surface area (TPSA) is 29.3 Å². The van der Waals surface area contributed by atoms with Gasteiger partial charge in [-0.05, 0) is 56.2 Å². The molecule has 0 saturated heterocycles. The molecule has 1 fully saturated rings. The predicted molar refractivity (Wildman–Crippen MR) is 75.4 cm³/mol. The van der Waals surface area contributed by atoms with Crippen molar-refractivity contribution < 1.29 is 0 Å². The Balaban J connectivity index is 2.17. The minimum Gasteiger partial charge on any atom is -0.326 e. The molecular formula is C14H24N2S. The van der Waals surface area contributed by atoms with Crippen molar-refractivity contribution in [2.45, 2.75) is 45.7 Å². The van der Waals surface area contributed by atoms with E-state index in [1.165, 1.54) is 29.8 Å². The second-order valence-corrected chi connectivity index (χ2v) is 6.25. The molecule has 2 nitrogen and oxygen atoms in total. The third-order valence-electron chi connectivity index (χ3n) is 3.66. The smallest absolute Gasteiger partial charge is 0.0593 e. The standard InChI is InChI=1S/C14H24N2S/c1-4-16(9-12-5-6-12)13(11(3)15)14-10(2)7-8-17-14/h7-8,11-13H,4-6,9,15H2,1-3H3. The summed E-state index contributed by atoms with van der Waals surface area (Å²) in [5.74, 6) is 0.927. The first-order valence-corrected chi connectivity index (χ1v) is 7.55. The fourth-order valence-electron chi connectivity index (χ4n) is 2.50. The maximum atomic E-state index is 6.23. The summed E-state index contributed by atoms with van der Waals surface area (Å²) in [6.45, 7) is 8.91. The summed E-state index contributed by atoms with van der Waals surface area (Å²) >= 11 is 1.86. The molecule has 2 rings (SSSR count). The fourth-order valence-corrected chi connectivity index (χ4v) is 3.67. The Labute approximate surface area is 109 Å². The maximum Gasteiger partial charge on any atom is 0.0593 e. The zero-order chi connectivity index (χ0) is 12.4. The van der Waals surface area contributed by atoms with Crippen LogP contribution in [0, 0.1) is 12.8 Å². The number of nitrogens with zero attached hydrogens (tertiary/aromatic N) is 1. The van der Waals surface area contributed by atoms with E-state index in [0.717, 1.165) is 12.5 Å². The number of nitrogens with two attached hydrogens (primary N) is 1. The molecule has 1 heterocycles. The first-order chi connectivity index (χ1) is 8.13. The van der Waals surface area contributed by atoms with E-state index in [1.807, 2.05) is 11.3 Å². The van der Waals surface area contributed by atoms with Crippen LogP contribution in [-0.2, 0) is 0 Å². The summed E-state index contributed by atoms with van der Waals surface area (Å²) in [5, 5.41) is 2.19. The van der Waals surface area contributed by atoms with Gasteiger partial charge >= 0.3 is 0 Å². The van der Waals surface area contributed by atoms with Crippen LogP contribution in [0.5, 0.6) is 0 Å². The second-order valence-electron chi connectivity index (χ2n) is 5.30. The Morgan fingerprint density at radius 1 is 1.53 bits per heavy atom. The van der Waals surface area contributed by atoms with Crippen LogP contribution in [0.3, 0.4) is 0 Å². The molecule has 0 amide bonds. The van der Waals surface area contributed by atoms with E-state index in [0.29, 0.717) is 6.04 Å².